The van der Waals surface area contributed by atoms with E-state index in [1.54, 1.807) is 0 Å². The van der Waals surface area contributed by atoms with E-state index in [4.69, 9.17) is 0 Å². The van der Waals surface area contributed by atoms with Gasteiger partial charge in [0.2, 0.25) is 0 Å². The van der Waals surface area contributed by atoms with Crippen molar-refractivity contribution < 1.29 is 5.11 Å². The van der Waals surface area contributed by atoms with E-state index in [1.165, 1.54) is 38.5 Å². The minimum absolute atomic E-state index is 0.545. The molecule has 0 bridgehead atoms. The Kier molecular flexibility index (Phi) is 9.85. The highest BCUT2D eigenvalue weighted by Crippen LogP contribution is 2.15. The van der Waals surface area contributed by atoms with Gasteiger partial charge in [-0.3, -0.25) is 0 Å². The standard InChI is InChI=1S/C15H33NO/c1-5-6-7-8-9-10-11-16-13-15(4,17)12-14(2)3/h14,16-17H,5-13H2,1-4H3. The van der Waals surface area contributed by atoms with Gasteiger partial charge >= 0.3 is 0 Å². The smallest absolute Gasteiger partial charge is 0.0746 e. The lowest BCUT2D eigenvalue weighted by molar-refractivity contribution is 0.0387. The van der Waals surface area contributed by atoms with Crippen LogP contribution in [0.2, 0.25) is 0 Å². The Morgan fingerprint density at radius 2 is 1.65 bits per heavy atom. The predicted molar refractivity (Wildman–Crippen MR) is 76.3 cm³/mol. The zero-order valence-electron chi connectivity index (χ0n) is 12.4. The van der Waals surface area contributed by atoms with Crippen molar-refractivity contribution in [2.45, 2.75) is 78.2 Å². The molecule has 0 aromatic heterocycles. The Morgan fingerprint density at radius 3 is 2.24 bits per heavy atom. The first-order valence-electron chi connectivity index (χ1n) is 7.41. The van der Waals surface area contributed by atoms with Gasteiger partial charge in [0.25, 0.3) is 0 Å². The second-order valence-corrected chi connectivity index (χ2v) is 6.04. The van der Waals surface area contributed by atoms with Crippen LogP contribution in [-0.4, -0.2) is 23.8 Å². The summed E-state index contributed by atoms with van der Waals surface area (Å²) in [5, 5.41) is 13.5. The Morgan fingerprint density at radius 1 is 1.06 bits per heavy atom. The number of unbranched alkanes of at least 4 members (excludes halogenated alkanes) is 5. The molecule has 17 heavy (non-hydrogen) atoms. The molecule has 2 nitrogen and oxygen atoms in total. The van der Waals surface area contributed by atoms with E-state index >= 15 is 0 Å². The fraction of sp³-hybridized carbons (Fsp3) is 1.00. The third-order valence-corrected chi connectivity index (χ3v) is 3.06. The molecule has 0 aromatic carbocycles. The van der Waals surface area contributed by atoms with E-state index in [0.29, 0.717) is 5.92 Å². The lowest BCUT2D eigenvalue weighted by Crippen LogP contribution is -2.39. The Labute approximate surface area is 108 Å². The van der Waals surface area contributed by atoms with Crippen molar-refractivity contribution in [3.05, 3.63) is 0 Å². The number of hydrogen-bond donors (Lipinski definition) is 2. The SMILES string of the molecule is CCCCCCCCNCC(C)(O)CC(C)C. The van der Waals surface area contributed by atoms with E-state index in [9.17, 15) is 5.11 Å². The Bertz CT molecular complexity index is 166. The van der Waals surface area contributed by atoms with Crippen LogP contribution in [0.25, 0.3) is 0 Å². The van der Waals surface area contributed by atoms with Gasteiger partial charge in [0, 0.05) is 6.54 Å². The normalized spacial score (nSPS) is 15.2. The van der Waals surface area contributed by atoms with Crippen LogP contribution in [0.4, 0.5) is 0 Å². The first-order chi connectivity index (χ1) is 7.98. The van der Waals surface area contributed by atoms with Crippen molar-refractivity contribution in [2.24, 2.45) is 5.92 Å². The Balaban J connectivity index is 3.32. The monoisotopic (exact) mass is 243 g/mol. The predicted octanol–water partition coefficient (Wildman–Crippen LogP) is 3.73. The first kappa shape index (κ1) is 16.9. The van der Waals surface area contributed by atoms with Crippen LogP contribution in [0, 0.1) is 5.92 Å². The molecule has 0 amide bonds. The fourth-order valence-electron chi connectivity index (χ4n) is 2.34. The van der Waals surface area contributed by atoms with Crippen LogP contribution in [0.1, 0.15) is 72.6 Å². The summed E-state index contributed by atoms with van der Waals surface area (Å²) >= 11 is 0. The van der Waals surface area contributed by atoms with Crippen molar-refractivity contribution in [3.8, 4) is 0 Å². The molecule has 0 saturated heterocycles. The summed E-state index contributed by atoms with van der Waals surface area (Å²) in [4.78, 5) is 0. The van der Waals surface area contributed by atoms with Gasteiger partial charge < -0.3 is 10.4 Å². The van der Waals surface area contributed by atoms with Gasteiger partial charge in [-0.05, 0) is 32.2 Å². The second kappa shape index (κ2) is 9.90. The van der Waals surface area contributed by atoms with Gasteiger partial charge in [-0.1, -0.05) is 52.9 Å². The molecule has 0 heterocycles. The van der Waals surface area contributed by atoms with Crippen molar-refractivity contribution in [2.75, 3.05) is 13.1 Å². The maximum absolute atomic E-state index is 10.1. The average Bonchev–Trinajstić information content (AvgIpc) is 2.20. The molecule has 0 rings (SSSR count). The van der Waals surface area contributed by atoms with Crippen molar-refractivity contribution in [1.82, 2.24) is 5.32 Å². The summed E-state index contributed by atoms with van der Waals surface area (Å²) < 4.78 is 0. The molecule has 0 saturated carbocycles. The van der Waals surface area contributed by atoms with Crippen molar-refractivity contribution in [3.63, 3.8) is 0 Å². The topological polar surface area (TPSA) is 32.3 Å². The van der Waals surface area contributed by atoms with Crippen LogP contribution in [0.15, 0.2) is 0 Å². The number of rotatable bonds is 11. The summed E-state index contributed by atoms with van der Waals surface area (Å²) in [5.74, 6) is 0.556. The third-order valence-electron chi connectivity index (χ3n) is 3.06. The summed E-state index contributed by atoms with van der Waals surface area (Å²) in [7, 11) is 0. The molecule has 0 aliphatic carbocycles. The molecule has 2 heteroatoms. The molecule has 0 radical (unpaired) electrons. The minimum Gasteiger partial charge on any atom is -0.389 e. The molecule has 0 aliphatic heterocycles. The summed E-state index contributed by atoms with van der Waals surface area (Å²) in [6.07, 6.45) is 8.85. The second-order valence-electron chi connectivity index (χ2n) is 6.04. The van der Waals surface area contributed by atoms with E-state index in [-0.39, 0.29) is 0 Å². The van der Waals surface area contributed by atoms with E-state index in [0.717, 1.165) is 19.5 Å². The van der Waals surface area contributed by atoms with Crippen molar-refractivity contribution in [1.29, 1.82) is 0 Å². The highest BCUT2D eigenvalue weighted by atomic mass is 16.3. The van der Waals surface area contributed by atoms with Crippen LogP contribution < -0.4 is 5.32 Å². The maximum atomic E-state index is 10.1. The summed E-state index contributed by atoms with van der Waals surface area (Å²) in [6, 6.07) is 0. The van der Waals surface area contributed by atoms with Gasteiger partial charge in [-0.2, -0.15) is 0 Å². The molecular weight excluding hydrogens is 210 g/mol. The molecule has 1 atom stereocenters. The molecular formula is C15H33NO. The van der Waals surface area contributed by atoms with Gasteiger partial charge in [0.05, 0.1) is 5.60 Å². The molecule has 0 spiro atoms. The Hall–Kier alpha value is -0.0800. The average molecular weight is 243 g/mol. The van der Waals surface area contributed by atoms with Crippen molar-refractivity contribution >= 4 is 0 Å². The van der Waals surface area contributed by atoms with E-state index in [2.05, 4.69) is 26.1 Å². The van der Waals surface area contributed by atoms with Crippen LogP contribution >= 0.6 is 0 Å². The quantitative estimate of drug-likeness (QED) is 0.542. The lowest BCUT2D eigenvalue weighted by Gasteiger charge is -2.25. The van der Waals surface area contributed by atoms with Crippen LogP contribution in [0.3, 0.4) is 0 Å². The highest BCUT2D eigenvalue weighted by Gasteiger charge is 2.20. The fourth-order valence-corrected chi connectivity index (χ4v) is 2.34. The van der Waals surface area contributed by atoms with E-state index < -0.39 is 5.60 Å². The summed E-state index contributed by atoms with van der Waals surface area (Å²) in [6.45, 7) is 10.3. The van der Waals surface area contributed by atoms with Gasteiger partial charge in [0.1, 0.15) is 0 Å². The molecule has 0 aliphatic rings. The highest BCUT2D eigenvalue weighted by molar-refractivity contribution is 4.76. The van der Waals surface area contributed by atoms with Gasteiger partial charge in [-0.15, -0.1) is 0 Å². The molecule has 2 N–H and O–H groups in total. The minimum atomic E-state index is -0.545. The van der Waals surface area contributed by atoms with E-state index in [1.807, 2.05) is 6.92 Å². The zero-order valence-corrected chi connectivity index (χ0v) is 12.4. The third kappa shape index (κ3) is 12.2. The van der Waals surface area contributed by atoms with Crippen LogP contribution in [-0.2, 0) is 0 Å². The van der Waals surface area contributed by atoms with Crippen LogP contribution in [0.5, 0.6) is 0 Å². The molecule has 1 unspecified atom stereocenters. The molecule has 0 aromatic rings. The summed E-state index contributed by atoms with van der Waals surface area (Å²) in [5.41, 5.74) is -0.545. The zero-order chi connectivity index (χ0) is 13.1. The first-order valence-corrected chi connectivity index (χ1v) is 7.41. The number of nitrogens with one attached hydrogen (secondary N) is 1. The van der Waals surface area contributed by atoms with Gasteiger partial charge in [-0.25, -0.2) is 0 Å². The molecule has 0 fully saturated rings. The van der Waals surface area contributed by atoms with Gasteiger partial charge in [0.15, 0.2) is 0 Å². The molecule has 104 valence electrons. The lowest BCUT2D eigenvalue weighted by atomic mass is 9.94. The largest absolute Gasteiger partial charge is 0.389 e. The maximum Gasteiger partial charge on any atom is 0.0746 e. The number of aliphatic hydroxyl groups is 1. The number of hydrogen-bond acceptors (Lipinski definition) is 2.